The van der Waals surface area contributed by atoms with Crippen molar-refractivity contribution in [3.63, 3.8) is 0 Å². The van der Waals surface area contributed by atoms with E-state index in [1.165, 1.54) is 12.8 Å². The van der Waals surface area contributed by atoms with E-state index in [1.807, 2.05) is 0 Å². The number of aliphatic carboxylic acids is 1. The Hall–Kier alpha value is -0.650. The highest BCUT2D eigenvalue weighted by Crippen LogP contribution is 2.35. The molecule has 0 radical (unpaired) electrons. The molecule has 5 nitrogen and oxygen atoms in total. The monoisotopic (exact) mass is 298 g/mol. The third-order valence-corrected chi connectivity index (χ3v) is 5.08. The molecular formula is C16H30N2O3. The predicted octanol–water partition coefficient (Wildman–Crippen LogP) is 1.72. The van der Waals surface area contributed by atoms with Crippen molar-refractivity contribution in [3.8, 4) is 0 Å². The minimum atomic E-state index is -0.700. The van der Waals surface area contributed by atoms with Crippen molar-refractivity contribution in [1.82, 2.24) is 10.2 Å². The first kappa shape index (κ1) is 16.7. The molecule has 0 spiro atoms. The van der Waals surface area contributed by atoms with E-state index in [0.717, 1.165) is 51.9 Å². The van der Waals surface area contributed by atoms with Gasteiger partial charge in [-0.1, -0.05) is 6.92 Å². The van der Waals surface area contributed by atoms with E-state index in [9.17, 15) is 9.90 Å². The van der Waals surface area contributed by atoms with Gasteiger partial charge in [0.2, 0.25) is 0 Å². The number of nitrogens with one attached hydrogen (secondary N) is 1. The molecule has 3 atom stereocenters. The van der Waals surface area contributed by atoms with Gasteiger partial charge in [0.25, 0.3) is 0 Å². The molecule has 2 aliphatic rings. The average Bonchev–Trinajstić information content (AvgIpc) is 2.92. The molecule has 2 fully saturated rings. The van der Waals surface area contributed by atoms with Gasteiger partial charge in [-0.2, -0.15) is 0 Å². The van der Waals surface area contributed by atoms with E-state index in [1.54, 1.807) is 7.11 Å². The number of hydrogen-bond acceptors (Lipinski definition) is 4. The third kappa shape index (κ3) is 3.96. The van der Waals surface area contributed by atoms with Crippen LogP contribution in [0.1, 0.15) is 45.4 Å². The molecule has 1 saturated heterocycles. The molecule has 1 aliphatic heterocycles. The average molecular weight is 298 g/mol. The molecule has 1 aliphatic carbocycles. The van der Waals surface area contributed by atoms with Gasteiger partial charge in [-0.3, -0.25) is 9.69 Å². The molecule has 2 rings (SSSR count). The van der Waals surface area contributed by atoms with E-state index in [-0.39, 0.29) is 0 Å². The summed E-state index contributed by atoms with van der Waals surface area (Å²) in [7, 11) is 1.76. The molecule has 122 valence electrons. The van der Waals surface area contributed by atoms with Crippen molar-refractivity contribution in [2.24, 2.45) is 5.92 Å². The summed E-state index contributed by atoms with van der Waals surface area (Å²) in [5.41, 5.74) is -0.700. The van der Waals surface area contributed by atoms with Crippen molar-refractivity contribution in [2.45, 2.75) is 57.0 Å². The summed E-state index contributed by atoms with van der Waals surface area (Å²) < 4.78 is 5.29. The second-order valence-corrected chi connectivity index (χ2v) is 6.67. The Morgan fingerprint density at radius 2 is 2.29 bits per heavy atom. The fraction of sp³-hybridized carbons (Fsp3) is 0.938. The van der Waals surface area contributed by atoms with Crippen LogP contribution in [0.4, 0.5) is 0 Å². The number of carboxylic acid groups (broad SMARTS) is 1. The molecule has 3 unspecified atom stereocenters. The van der Waals surface area contributed by atoms with Gasteiger partial charge in [0.05, 0.1) is 6.61 Å². The quantitative estimate of drug-likeness (QED) is 0.749. The molecule has 2 N–H and O–H groups in total. The summed E-state index contributed by atoms with van der Waals surface area (Å²) in [6.07, 6.45) is 5.88. The zero-order chi connectivity index (χ0) is 15.3. The lowest BCUT2D eigenvalue weighted by Crippen LogP contribution is -2.52. The number of methoxy groups -OCH3 is 1. The number of rotatable bonds is 7. The van der Waals surface area contributed by atoms with Gasteiger partial charge in [0.15, 0.2) is 0 Å². The summed E-state index contributed by atoms with van der Waals surface area (Å²) in [6, 6.07) is 0.408. The van der Waals surface area contributed by atoms with Crippen LogP contribution in [0.25, 0.3) is 0 Å². The van der Waals surface area contributed by atoms with Gasteiger partial charge in [-0.15, -0.1) is 0 Å². The fourth-order valence-corrected chi connectivity index (χ4v) is 3.93. The zero-order valence-electron chi connectivity index (χ0n) is 13.4. The third-order valence-electron chi connectivity index (χ3n) is 5.08. The van der Waals surface area contributed by atoms with Crippen LogP contribution in [-0.4, -0.2) is 60.9 Å². The highest BCUT2D eigenvalue weighted by Gasteiger charge is 2.47. The summed E-state index contributed by atoms with van der Waals surface area (Å²) >= 11 is 0. The largest absolute Gasteiger partial charge is 0.480 e. The summed E-state index contributed by atoms with van der Waals surface area (Å²) in [5, 5.41) is 12.9. The van der Waals surface area contributed by atoms with Crippen molar-refractivity contribution in [1.29, 1.82) is 0 Å². The van der Waals surface area contributed by atoms with Crippen molar-refractivity contribution in [3.05, 3.63) is 0 Å². The normalized spacial score (nSPS) is 34.2. The second-order valence-electron chi connectivity index (χ2n) is 6.67. The standard InChI is InChI=1S/C16H30N2O3/c1-3-8-17-16(15(19)20)7-6-14(10-16)18-9-4-5-13(11-18)12-21-2/h13-14,17H,3-12H2,1-2H3,(H,19,20). The Morgan fingerprint density at radius 1 is 1.48 bits per heavy atom. The SMILES string of the molecule is CCCNC1(C(=O)O)CCC(N2CCCC(COC)C2)C1. The zero-order valence-corrected chi connectivity index (χ0v) is 13.4. The van der Waals surface area contributed by atoms with Gasteiger partial charge < -0.3 is 15.2 Å². The van der Waals surface area contributed by atoms with E-state index in [2.05, 4.69) is 17.1 Å². The molecule has 0 aromatic carbocycles. The number of nitrogens with zero attached hydrogens (tertiary/aromatic N) is 1. The van der Waals surface area contributed by atoms with Crippen LogP contribution in [0.5, 0.6) is 0 Å². The van der Waals surface area contributed by atoms with Crippen LogP contribution in [0.3, 0.4) is 0 Å². The molecule has 0 amide bonds. The fourth-order valence-electron chi connectivity index (χ4n) is 3.93. The molecule has 1 saturated carbocycles. The highest BCUT2D eigenvalue weighted by atomic mass is 16.5. The molecule has 0 bridgehead atoms. The van der Waals surface area contributed by atoms with E-state index >= 15 is 0 Å². The molecule has 5 heteroatoms. The number of likely N-dealkylation sites (tertiary alicyclic amines) is 1. The van der Waals surface area contributed by atoms with Gasteiger partial charge >= 0.3 is 5.97 Å². The Balaban J connectivity index is 1.94. The smallest absolute Gasteiger partial charge is 0.323 e. The summed E-state index contributed by atoms with van der Waals surface area (Å²) in [4.78, 5) is 14.2. The van der Waals surface area contributed by atoms with Gasteiger partial charge in [-0.25, -0.2) is 0 Å². The van der Waals surface area contributed by atoms with Gasteiger partial charge in [0, 0.05) is 19.7 Å². The maximum absolute atomic E-state index is 11.7. The Morgan fingerprint density at radius 3 is 2.95 bits per heavy atom. The lowest BCUT2D eigenvalue weighted by Gasteiger charge is -2.37. The van der Waals surface area contributed by atoms with Crippen LogP contribution in [0.15, 0.2) is 0 Å². The molecular weight excluding hydrogens is 268 g/mol. The topological polar surface area (TPSA) is 61.8 Å². The summed E-state index contributed by atoms with van der Waals surface area (Å²) in [5.74, 6) is -0.0731. The molecule has 21 heavy (non-hydrogen) atoms. The minimum Gasteiger partial charge on any atom is -0.480 e. The lowest BCUT2D eigenvalue weighted by molar-refractivity contribution is -0.144. The van der Waals surface area contributed by atoms with Crippen molar-refractivity contribution < 1.29 is 14.6 Å². The minimum absolute atomic E-state index is 0.408. The molecule has 0 aromatic heterocycles. The first-order chi connectivity index (χ1) is 10.1. The number of hydrogen-bond donors (Lipinski definition) is 2. The van der Waals surface area contributed by atoms with E-state index in [4.69, 9.17) is 4.74 Å². The highest BCUT2D eigenvalue weighted by molar-refractivity contribution is 5.79. The van der Waals surface area contributed by atoms with Crippen molar-refractivity contribution >= 4 is 5.97 Å². The van der Waals surface area contributed by atoms with Crippen LogP contribution in [0, 0.1) is 5.92 Å². The van der Waals surface area contributed by atoms with Gasteiger partial charge in [0.1, 0.15) is 5.54 Å². The maximum Gasteiger partial charge on any atom is 0.323 e. The number of piperidine rings is 1. The number of carbonyl (C=O) groups is 1. The Bertz CT molecular complexity index is 348. The Labute approximate surface area is 128 Å². The van der Waals surface area contributed by atoms with Crippen LogP contribution in [-0.2, 0) is 9.53 Å². The van der Waals surface area contributed by atoms with E-state index in [0.29, 0.717) is 12.0 Å². The molecule has 1 heterocycles. The van der Waals surface area contributed by atoms with Crippen LogP contribution < -0.4 is 5.32 Å². The van der Waals surface area contributed by atoms with E-state index < -0.39 is 11.5 Å². The second kappa shape index (κ2) is 7.56. The van der Waals surface area contributed by atoms with Crippen molar-refractivity contribution in [2.75, 3.05) is 33.4 Å². The first-order valence-corrected chi connectivity index (χ1v) is 8.32. The first-order valence-electron chi connectivity index (χ1n) is 8.32. The van der Waals surface area contributed by atoms with Crippen LogP contribution >= 0.6 is 0 Å². The number of ether oxygens (including phenoxy) is 1. The predicted molar refractivity (Wildman–Crippen MR) is 82.5 cm³/mol. The maximum atomic E-state index is 11.7. The Kier molecular flexibility index (Phi) is 6.02. The summed E-state index contributed by atoms with van der Waals surface area (Å²) in [6.45, 7) is 5.85. The number of carboxylic acids is 1. The van der Waals surface area contributed by atoms with Crippen LogP contribution in [0.2, 0.25) is 0 Å². The van der Waals surface area contributed by atoms with Gasteiger partial charge in [-0.05, 0) is 57.5 Å². The molecule has 0 aromatic rings. The lowest BCUT2D eigenvalue weighted by atomic mass is 9.94.